The summed E-state index contributed by atoms with van der Waals surface area (Å²) in [4.78, 5) is 22.3. The molecule has 1 unspecified atom stereocenters. The van der Waals surface area contributed by atoms with Gasteiger partial charge in [0, 0.05) is 11.3 Å². The summed E-state index contributed by atoms with van der Waals surface area (Å²) in [5, 5.41) is 22.5. The number of nitrogens with one attached hydrogen (secondary N) is 2. The van der Waals surface area contributed by atoms with Gasteiger partial charge < -0.3 is 20.8 Å². The smallest absolute Gasteiger partial charge is 0.328 e. The van der Waals surface area contributed by atoms with Crippen LogP contribution in [0.5, 0.6) is 0 Å². The van der Waals surface area contributed by atoms with Crippen molar-refractivity contribution in [2.75, 3.05) is 19.4 Å². The average molecular weight is 290 g/mol. The monoisotopic (exact) mass is 290 g/mol. The van der Waals surface area contributed by atoms with Gasteiger partial charge in [-0.2, -0.15) is 11.8 Å². The topological polar surface area (TPSA) is 98.7 Å². The van der Waals surface area contributed by atoms with Crippen LogP contribution in [0.3, 0.4) is 0 Å². The molecule has 2 amide bonds. The Morgan fingerprint density at radius 3 is 2.42 bits per heavy atom. The molecule has 0 spiro atoms. The quantitative estimate of drug-likeness (QED) is 0.580. The van der Waals surface area contributed by atoms with Crippen LogP contribution in [0.4, 0.5) is 4.79 Å². The summed E-state index contributed by atoms with van der Waals surface area (Å²) in [6.07, 6.45) is 7.74. The van der Waals surface area contributed by atoms with E-state index in [1.807, 2.05) is 6.26 Å². The first-order valence-corrected chi connectivity index (χ1v) is 7.69. The first-order chi connectivity index (χ1) is 9.03. The lowest BCUT2D eigenvalue weighted by molar-refractivity contribution is -0.140. The molecule has 1 aliphatic rings. The van der Waals surface area contributed by atoms with E-state index in [2.05, 4.69) is 10.6 Å². The molecule has 1 aliphatic carbocycles. The third-order valence-corrected chi connectivity index (χ3v) is 4.97. The highest BCUT2D eigenvalue weighted by molar-refractivity contribution is 8.00. The number of carboxylic acid groups (broad SMARTS) is 1. The van der Waals surface area contributed by atoms with Crippen LogP contribution >= 0.6 is 11.8 Å². The summed E-state index contributed by atoms with van der Waals surface area (Å²) in [5.74, 6) is -1.24. The Morgan fingerprint density at radius 2 is 1.95 bits per heavy atom. The van der Waals surface area contributed by atoms with Crippen molar-refractivity contribution in [2.45, 2.75) is 42.9 Å². The SMILES string of the molecule is CSC1(CNC(=O)NC(CO)C(=O)O)CCCCC1. The summed E-state index contributed by atoms with van der Waals surface area (Å²) < 4.78 is 0.0630. The van der Waals surface area contributed by atoms with Crippen LogP contribution in [0.15, 0.2) is 0 Å². The van der Waals surface area contributed by atoms with Crippen molar-refractivity contribution in [3.8, 4) is 0 Å². The Kier molecular flexibility index (Phi) is 6.44. The molecule has 1 atom stereocenters. The van der Waals surface area contributed by atoms with Crippen LogP contribution in [0.2, 0.25) is 0 Å². The molecule has 19 heavy (non-hydrogen) atoms. The lowest BCUT2D eigenvalue weighted by Gasteiger charge is -2.35. The standard InChI is InChI=1S/C12H22N2O4S/c1-19-12(5-3-2-4-6-12)8-13-11(18)14-9(7-15)10(16)17/h9,15H,2-8H2,1H3,(H,16,17)(H2,13,14,18). The van der Waals surface area contributed by atoms with E-state index in [4.69, 9.17) is 10.2 Å². The first-order valence-electron chi connectivity index (χ1n) is 6.46. The number of urea groups is 1. The predicted molar refractivity (Wildman–Crippen MR) is 74.4 cm³/mol. The fraction of sp³-hybridized carbons (Fsp3) is 0.833. The number of amides is 2. The Bertz CT molecular complexity index is 319. The molecule has 6 nitrogen and oxygen atoms in total. The fourth-order valence-corrected chi connectivity index (χ4v) is 3.20. The highest BCUT2D eigenvalue weighted by atomic mass is 32.2. The van der Waals surface area contributed by atoms with Gasteiger partial charge in [0.15, 0.2) is 6.04 Å². The minimum Gasteiger partial charge on any atom is -0.480 e. The zero-order chi connectivity index (χ0) is 14.3. The lowest BCUT2D eigenvalue weighted by atomic mass is 9.88. The van der Waals surface area contributed by atoms with Gasteiger partial charge in [-0.15, -0.1) is 0 Å². The van der Waals surface area contributed by atoms with Crippen LogP contribution in [0, 0.1) is 0 Å². The van der Waals surface area contributed by atoms with Crippen molar-refractivity contribution in [2.24, 2.45) is 0 Å². The lowest BCUT2D eigenvalue weighted by Crippen LogP contribution is -2.51. The van der Waals surface area contributed by atoms with Gasteiger partial charge >= 0.3 is 12.0 Å². The number of carboxylic acids is 1. The summed E-state index contributed by atoms with van der Waals surface area (Å²) in [5.41, 5.74) is 0. The molecule has 4 N–H and O–H groups in total. The molecule has 110 valence electrons. The van der Waals surface area contributed by atoms with Crippen molar-refractivity contribution in [1.29, 1.82) is 0 Å². The summed E-state index contributed by atoms with van der Waals surface area (Å²) in [7, 11) is 0. The first kappa shape index (κ1) is 16.1. The molecule has 0 bridgehead atoms. The number of hydrogen-bond donors (Lipinski definition) is 4. The minimum atomic E-state index is -1.25. The third kappa shape index (κ3) is 4.91. The molecule has 0 aromatic rings. The molecule has 1 fully saturated rings. The Hall–Kier alpha value is -0.950. The van der Waals surface area contributed by atoms with Gasteiger partial charge in [-0.1, -0.05) is 19.3 Å². The number of rotatable bonds is 6. The third-order valence-electron chi connectivity index (χ3n) is 3.55. The maximum absolute atomic E-state index is 11.6. The maximum atomic E-state index is 11.6. The van der Waals surface area contributed by atoms with Gasteiger partial charge in [-0.3, -0.25) is 0 Å². The van der Waals surface area contributed by atoms with E-state index in [0.29, 0.717) is 6.54 Å². The fourth-order valence-electron chi connectivity index (χ4n) is 2.29. The van der Waals surface area contributed by atoms with Gasteiger partial charge in [-0.25, -0.2) is 9.59 Å². The van der Waals surface area contributed by atoms with Crippen molar-refractivity contribution in [1.82, 2.24) is 10.6 Å². The number of aliphatic carboxylic acids is 1. The van der Waals surface area contributed by atoms with Crippen LogP contribution in [-0.2, 0) is 4.79 Å². The van der Waals surface area contributed by atoms with E-state index in [-0.39, 0.29) is 4.75 Å². The van der Waals surface area contributed by atoms with Gasteiger partial charge in [0.25, 0.3) is 0 Å². The highest BCUT2D eigenvalue weighted by Gasteiger charge is 2.31. The molecule has 0 aromatic heterocycles. The second-order valence-electron chi connectivity index (χ2n) is 4.85. The Labute approximate surface area is 117 Å². The normalized spacial score (nSPS) is 19.5. The van der Waals surface area contributed by atoms with Crippen molar-refractivity contribution < 1.29 is 19.8 Å². The molecule has 0 aliphatic heterocycles. The van der Waals surface area contributed by atoms with Crippen molar-refractivity contribution in [3.63, 3.8) is 0 Å². The van der Waals surface area contributed by atoms with Crippen molar-refractivity contribution in [3.05, 3.63) is 0 Å². The highest BCUT2D eigenvalue weighted by Crippen LogP contribution is 2.37. The van der Waals surface area contributed by atoms with E-state index < -0.39 is 24.6 Å². The van der Waals surface area contributed by atoms with Gasteiger partial charge in [0.2, 0.25) is 0 Å². The number of carbonyl (C=O) groups is 2. The largest absolute Gasteiger partial charge is 0.480 e. The molecule has 7 heteroatoms. The van der Waals surface area contributed by atoms with Gasteiger partial charge in [0.05, 0.1) is 6.61 Å². The summed E-state index contributed by atoms with van der Waals surface area (Å²) in [6, 6.07) is -1.79. The van der Waals surface area contributed by atoms with Crippen LogP contribution in [-0.4, -0.2) is 52.4 Å². The van der Waals surface area contributed by atoms with Crippen LogP contribution in [0.1, 0.15) is 32.1 Å². The number of aliphatic hydroxyl groups excluding tert-OH is 1. The zero-order valence-corrected chi connectivity index (χ0v) is 12.0. The molecular formula is C12H22N2O4S. The van der Waals surface area contributed by atoms with Crippen LogP contribution < -0.4 is 10.6 Å². The van der Waals surface area contributed by atoms with Crippen LogP contribution in [0.25, 0.3) is 0 Å². The van der Waals surface area contributed by atoms with E-state index in [9.17, 15) is 9.59 Å². The molecule has 0 heterocycles. The Balaban J connectivity index is 2.41. The average Bonchev–Trinajstić information content (AvgIpc) is 2.43. The molecule has 0 radical (unpaired) electrons. The summed E-state index contributed by atoms with van der Waals surface area (Å²) in [6.45, 7) is -0.0891. The number of aliphatic hydroxyl groups is 1. The molecule has 1 rings (SSSR count). The zero-order valence-electron chi connectivity index (χ0n) is 11.1. The van der Waals surface area contributed by atoms with Crippen molar-refractivity contribution >= 4 is 23.8 Å². The molecule has 0 saturated heterocycles. The number of carbonyl (C=O) groups excluding carboxylic acids is 1. The second kappa shape index (κ2) is 7.59. The van der Waals surface area contributed by atoms with E-state index in [1.165, 1.54) is 19.3 Å². The molecule has 1 saturated carbocycles. The van der Waals surface area contributed by atoms with Gasteiger partial charge in [0.1, 0.15) is 0 Å². The summed E-state index contributed by atoms with van der Waals surface area (Å²) >= 11 is 1.76. The second-order valence-corrected chi connectivity index (χ2v) is 6.12. The predicted octanol–water partition coefficient (Wildman–Crippen LogP) is 0.797. The minimum absolute atomic E-state index is 0.0630. The molecular weight excluding hydrogens is 268 g/mol. The maximum Gasteiger partial charge on any atom is 0.328 e. The number of hydrogen-bond acceptors (Lipinski definition) is 4. The van der Waals surface area contributed by atoms with E-state index in [1.54, 1.807) is 11.8 Å². The van der Waals surface area contributed by atoms with E-state index >= 15 is 0 Å². The number of thioether (sulfide) groups is 1. The Morgan fingerprint density at radius 1 is 1.32 bits per heavy atom. The molecule has 0 aromatic carbocycles. The van der Waals surface area contributed by atoms with Gasteiger partial charge in [-0.05, 0) is 19.1 Å². The van der Waals surface area contributed by atoms with E-state index in [0.717, 1.165) is 12.8 Å².